The van der Waals surface area contributed by atoms with Crippen molar-refractivity contribution in [2.75, 3.05) is 20.6 Å². The molecule has 0 heterocycles. The highest BCUT2D eigenvalue weighted by atomic mass is 15.0. The fourth-order valence-electron chi connectivity index (χ4n) is 0.730. The molecule has 0 saturated heterocycles. The minimum absolute atomic E-state index is 0.801. The van der Waals surface area contributed by atoms with Gasteiger partial charge in [0.2, 0.25) is 0 Å². The zero-order valence-electron chi connectivity index (χ0n) is 5.73. The maximum atomic E-state index is 2.22. The van der Waals surface area contributed by atoms with E-state index in [0.29, 0.717) is 0 Å². The summed E-state index contributed by atoms with van der Waals surface area (Å²) < 4.78 is 0. The van der Waals surface area contributed by atoms with Crippen LogP contribution in [-0.4, -0.2) is 25.5 Å². The molecule has 1 nitrogen and oxygen atoms in total. The molecular weight excluding hydrogens is 86.1 g/mol. The first kappa shape index (κ1) is 6.96. The number of hydrogen-bond acceptors (Lipinski definition) is 1. The van der Waals surface area contributed by atoms with E-state index in [4.69, 9.17) is 0 Å². The average Bonchev–Trinajstić information content (AvgIpc) is 1.27. The second-order valence-corrected chi connectivity index (χ2v) is 2.66. The molecule has 0 spiro atoms. The van der Waals surface area contributed by atoms with Gasteiger partial charge in [-0.15, -0.1) is 0 Å². The Morgan fingerprint density at radius 3 is 1.71 bits per heavy atom. The molecule has 0 aliphatic carbocycles. The Morgan fingerprint density at radius 2 is 1.71 bits per heavy atom. The SMILES string of the molecule is CC(C)CN(C)C. The molecule has 0 fully saturated rings. The van der Waals surface area contributed by atoms with Gasteiger partial charge in [0.05, 0.1) is 0 Å². The van der Waals surface area contributed by atoms with Crippen LogP contribution >= 0.6 is 0 Å². The van der Waals surface area contributed by atoms with E-state index in [1.807, 2.05) is 0 Å². The van der Waals surface area contributed by atoms with Crippen LogP contribution in [0.1, 0.15) is 13.8 Å². The van der Waals surface area contributed by atoms with Crippen molar-refractivity contribution in [3.8, 4) is 0 Å². The first-order chi connectivity index (χ1) is 3.13. The van der Waals surface area contributed by atoms with E-state index >= 15 is 0 Å². The fraction of sp³-hybridized carbons (Fsp3) is 1.00. The molecule has 0 aromatic carbocycles. The lowest BCUT2D eigenvalue weighted by Gasteiger charge is -2.10. The Morgan fingerprint density at radius 1 is 1.29 bits per heavy atom. The van der Waals surface area contributed by atoms with Crippen LogP contribution in [0.3, 0.4) is 0 Å². The minimum atomic E-state index is 0.801. The van der Waals surface area contributed by atoms with Gasteiger partial charge in [0.15, 0.2) is 0 Å². The van der Waals surface area contributed by atoms with Crippen LogP contribution in [0.15, 0.2) is 0 Å². The Labute approximate surface area is 46.3 Å². The molecule has 44 valence electrons. The normalized spacial score (nSPS) is 11.1. The van der Waals surface area contributed by atoms with E-state index < -0.39 is 0 Å². The molecule has 1 heteroatoms. The monoisotopic (exact) mass is 101 g/mol. The van der Waals surface area contributed by atoms with Gasteiger partial charge in [-0.3, -0.25) is 0 Å². The molecule has 0 radical (unpaired) electrons. The summed E-state index contributed by atoms with van der Waals surface area (Å²) in [7, 11) is 4.19. The summed E-state index contributed by atoms with van der Waals surface area (Å²) >= 11 is 0. The Balaban J connectivity index is 2.95. The third kappa shape index (κ3) is 5.96. The van der Waals surface area contributed by atoms with Crippen LogP contribution in [-0.2, 0) is 0 Å². The molecule has 0 unspecified atom stereocenters. The molecule has 0 bridgehead atoms. The van der Waals surface area contributed by atoms with Gasteiger partial charge in [-0.05, 0) is 26.6 Å². The van der Waals surface area contributed by atoms with Gasteiger partial charge in [0.1, 0.15) is 0 Å². The Kier molecular flexibility index (Phi) is 3.01. The van der Waals surface area contributed by atoms with Gasteiger partial charge in [-0.25, -0.2) is 0 Å². The molecule has 0 aliphatic heterocycles. The summed E-state index contributed by atoms with van der Waals surface area (Å²) in [6.07, 6.45) is 0. The molecular formula is C6H15N. The number of nitrogens with zero attached hydrogens (tertiary/aromatic N) is 1. The third-order valence-corrected chi connectivity index (χ3v) is 0.730. The van der Waals surface area contributed by atoms with E-state index in [-0.39, 0.29) is 0 Å². The van der Waals surface area contributed by atoms with Crippen LogP contribution in [0, 0.1) is 5.92 Å². The topological polar surface area (TPSA) is 3.24 Å². The van der Waals surface area contributed by atoms with Crippen molar-refractivity contribution in [3.05, 3.63) is 0 Å². The minimum Gasteiger partial charge on any atom is -0.309 e. The number of rotatable bonds is 2. The predicted octanol–water partition coefficient (Wildman–Crippen LogP) is 1.20. The second-order valence-electron chi connectivity index (χ2n) is 2.66. The van der Waals surface area contributed by atoms with Gasteiger partial charge in [0.25, 0.3) is 0 Å². The zero-order valence-corrected chi connectivity index (χ0v) is 5.73. The summed E-state index contributed by atoms with van der Waals surface area (Å²) in [5.41, 5.74) is 0. The highest BCUT2D eigenvalue weighted by molar-refractivity contribution is 4.46. The largest absolute Gasteiger partial charge is 0.309 e. The van der Waals surface area contributed by atoms with Crippen LogP contribution in [0.25, 0.3) is 0 Å². The summed E-state index contributed by atoms with van der Waals surface area (Å²) in [6, 6.07) is 0. The molecule has 7 heavy (non-hydrogen) atoms. The van der Waals surface area contributed by atoms with E-state index in [1.165, 1.54) is 6.54 Å². The predicted molar refractivity (Wildman–Crippen MR) is 33.4 cm³/mol. The Hall–Kier alpha value is -0.0400. The van der Waals surface area contributed by atoms with Crippen molar-refractivity contribution in [1.82, 2.24) is 4.90 Å². The summed E-state index contributed by atoms with van der Waals surface area (Å²) in [4.78, 5) is 2.20. The van der Waals surface area contributed by atoms with Crippen LogP contribution in [0.2, 0.25) is 0 Å². The molecule has 0 amide bonds. The molecule has 0 aromatic heterocycles. The van der Waals surface area contributed by atoms with Crippen LogP contribution in [0.4, 0.5) is 0 Å². The smallest absolute Gasteiger partial charge is 0.000172 e. The average molecular weight is 101 g/mol. The van der Waals surface area contributed by atoms with Crippen LogP contribution < -0.4 is 0 Å². The molecule has 0 atom stereocenters. The maximum Gasteiger partial charge on any atom is -0.000172 e. The highest BCUT2D eigenvalue weighted by Gasteiger charge is 1.92. The van der Waals surface area contributed by atoms with Gasteiger partial charge in [0, 0.05) is 0 Å². The molecule has 0 rings (SSSR count). The van der Waals surface area contributed by atoms with Crippen molar-refractivity contribution in [1.29, 1.82) is 0 Å². The first-order valence-corrected chi connectivity index (χ1v) is 2.77. The second kappa shape index (κ2) is 3.03. The first-order valence-electron chi connectivity index (χ1n) is 2.77. The third-order valence-electron chi connectivity index (χ3n) is 0.730. The van der Waals surface area contributed by atoms with Gasteiger partial charge in [-0.2, -0.15) is 0 Å². The van der Waals surface area contributed by atoms with E-state index in [1.54, 1.807) is 0 Å². The standard InChI is InChI=1S/C6H15N/c1-6(2)5-7(3)4/h6H,5H2,1-4H3. The molecule has 0 aromatic rings. The summed E-state index contributed by atoms with van der Waals surface area (Å²) in [5.74, 6) is 0.801. The van der Waals surface area contributed by atoms with E-state index in [2.05, 4.69) is 32.8 Å². The van der Waals surface area contributed by atoms with Crippen LogP contribution in [0.5, 0.6) is 0 Å². The highest BCUT2D eigenvalue weighted by Crippen LogP contribution is 1.90. The molecule has 0 saturated carbocycles. The van der Waals surface area contributed by atoms with Crippen molar-refractivity contribution >= 4 is 0 Å². The quantitative estimate of drug-likeness (QED) is 0.505. The van der Waals surface area contributed by atoms with Gasteiger partial charge >= 0.3 is 0 Å². The number of hydrogen-bond donors (Lipinski definition) is 0. The lowest BCUT2D eigenvalue weighted by Crippen LogP contribution is -2.17. The summed E-state index contributed by atoms with van der Waals surface area (Å²) in [6.45, 7) is 5.64. The van der Waals surface area contributed by atoms with E-state index in [9.17, 15) is 0 Å². The molecule has 0 aliphatic rings. The van der Waals surface area contributed by atoms with Crippen molar-refractivity contribution in [2.45, 2.75) is 13.8 Å². The van der Waals surface area contributed by atoms with E-state index in [0.717, 1.165) is 5.92 Å². The fourth-order valence-corrected chi connectivity index (χ4v) is 0.730. The summed E-state index contributed by atoms with van der Waals surface area (Å²) in [5, 5.41) is 0. The van der Waals surface area contributed by atoms with Crippen molar-refractivity contribution in [2.24, 2.45) is 5.92 Å². The maximum absolute atomic E-state index is 2.22. The zero-order chi connectivity index (χ0) is 5.86. The lowest BCUT2D eigenvalue weighted by molar-refractivity contribution is 0.354. The van der Waals surface area contributed by atoms with Crippen molar-refractivity contribution < 1.29 is 0 Å². The Bertz CT molecular complexity index is 33.4. The lowest BCUT2D eigenvalue weighted by atomic mass is 10.2. The van der Waals surface area contributed by atoms with Crippen molar-refractivity contribution in [3.63, 3.8) is 0 Å². The molecule has 0 N–H and O–H groups in total. The van der Waals surface area contributed by atoms with Gasteiger partial charge in [-0.1, -0.05) is 13.8 Å². The van der Waals surface area contributed by atoms with Gasteiger partial charge < -0.3 is 4.90 Å².